The SMILES string of the molecule is CCCS(=O)(=O)NCc1cc(Cl)c(OC)cc1Cl. The molecule has 0 spiro atoms. The Morgan fingerprint density at radius 3 is 2.50 bits per heavy atom. The van der Waals surface area contributed by atoms with E-state index in [0.717, 1.165) is 0 Å². The summed E-state index contributed by atoms with van der Waals surface area (Å²) in [6, 6.07) is 3.16. The zero-order valence-electron chi connectivity index (χ0n) is 10.2. The van der Waals surface area contributed by atoms with Crippen LogP contribution in [0.15, 0.2) is 12.1 Å². The summed E-state index contributed by atoms with van der Waals surface area (Å²) < 4.78 is 30.5. The van der Waals surface area contributed by atoms with Crippen molar-refractivity contribution < 1.29 is 13.2 Å². The van der Waals surface area contributed by atoms with Crippen molar-refractivity contribution in [1.29, 1.82) is 0 Å². The van der Waals surface area contributed by atoms with Crippen molar-refractivity contribution in [3.8, 4) is 5.75 Å². The summed E-state index contributed by atoms with van der Waals surface area (Å²) in [7, 11) is -1.77. The van der Waals surface area contributed by atoms with Gasteiger partial charge in [-0.05, 0) is 18.1 Å². The maximum absolute atomic E-state index is 11.5. The third kappa shape index (κ3) is 4.31. The molecule has 4 nitrogen and oxygen atoms in total. The average Bonchev–Trinajstić information content (AvgIpc) is 2.29. The second-order valence-electron chi connectivity index (χ2n) is 3.72. The number of sulfonamides is 1. The van der Waals surface area contributed by atoms with Crippen LogP contribution >= 0.6 is 23.2 Å². The minimum absolute atomic E-state index is 0.0918. The third-order valence-corrected chi connectivity index (χ3v) is 4.45. The molecule has 7 heteroatoms. The smallest absolute Gasteiger partial charge is 0.211 e. The normalized spacial score (nSPS) is 11.6. The van der Waals surface area contributed by atoms with E-state index in [-0.39, 0.29) is 12.3 Å². The van der Waals surface area contributed by atoms with E-state index in [1.165, 1.54) is 7.11 Å². The Labute approximate surface area is 117 Å². The van der Waals surface area contributed by atoms with E-state index < -0.39 is 10.0 Å². The van der Waals surface area contributed by atoms with Crippen LogP contribution in [0, 0.1) is 0 Å². The molecule has 1 N–H and O–H groups in total. The van der Waals surface area contributed by atoms with Crippen molar-refractivity contribution in [2.75, 3.05) is 12.9 Å². The van der Waals surface area contributed by atoms with Crippen LogP contribution in [0.5, 0.6) is 5.75 Å². The van der Waals surface area contributed by atoms with E-state index in [2.05, 4.69) is 4.72 Å². The zero-order chi connectivity index (χ0) is 13.8. The van der Waals surface area contributed by atoms with Gasteiger partial charge < -0.3 is 4.74 Å². The van der Waals surface area contributed by atoms with E-state index in [1.54, 1.807) is 19.1 Å². The van der Waals surface area contributed by atoms with Crippen molar-refractivity contribution >= 4 is 33.2 Å². The summed E-state index contributed by atoms with van der Waals surface area (Å²) >= 11 is 12.0. The van der Waals surface area contributed by atoms with Gasteiger partial charge in [-0.3, -0.25) is 0 Å². The Morgan fingerprint density at radius 1 is 1.28 bits per heavy atom. The molecule has 0 heterocycles. The fourth-order valence-corrected chi connectivity index (χ4v) is 2.93. The first kappa shape index (κ1) is 15.6. The molecule has 1 rings (SSSR count). The lowest BCUT2D eigenvalue weighted by molar-refractivity contribution is 0.415. The number of methoxy groups -OCH3 is 1. The summed E-state index contributed by atoms with van der Waals surface area (Å²) in [5, 5.41) is 0.807. The minimum Gasteiger partial charge on any atom is -0.495 e. The molecule has 0 fully saturated rings. The number of rotatable bonds is 6. The monoisotopic (exact) mass is 311 g/mol. The highest BCUT2D eigenvalue weighted by atomic mass is 35.5. The number of benzene rings is 1. The van der Waals surface area contributed by atoms with Gasteiger partial charge in [-0.25, -0.2) is 13.1 Å². The quantitative estimate of drug-likeness (QED) is 0.879. The van der Waals surface area contributed by atoms with Gasteiger partial charge in [0.05, 0.1) is 17.9 Å². The van der Waals surface area contributed by atoms with E-state index in [0.29, 0.717) is 27.8 Å². The fourth-order valence-electron chi connectivity index (χ4n) is 1.39. The molecule has 0 aromatic heterocycles. The number of hydrogen-bond donors (Lipinski definition) is 1. The van der Waals surface area contributed by atoms with Crippen LogP contribution in [0.1, 0.15) is 18.9 Å². The number of nitrogens with one attached hydrogen (secondary N) is 1. The predicted octanol–water partition coefficient (Wildman–Crippen LogP) is 2.83. The Bertz CT molecular complexity index is 517. The van der Waals surface area contributed by atoms with Gasteiger partial charge in [-0.1, -0.05) is 30.1 Å². The highest BCUT2D eigenvalue weighted by molar-refractivity contribution is 7.89. The molecule has 0 amide bonds. The minimum atomic E-state index is -3.26. The second-order valence-corrected chi connectivity index (χ2v) is 6.46. The molecule has 1 aromatic carbocycles. The standard InChI is InChI=1S/C11H15Cl2NO3S/c1-3-4-18(15,16)14-7-8-5-10(13)11(17-2)6-9(8)12/h5-6,14H,3-4,7H2,1-2H3. The molecule has 0 aliphatic heterocycles. The molecule has 0 aliphatic carbocycles. The average molecular weight is 312 g/mol. The maximum Gasteiger partial charge on any atom is 0.211 e. The summed E-state index contributed by atoms with van der Waals surface area (Å²) in [5.74, 6) is 0.552. The summed E-state index contributed by atoms with van der Waals surface area (Å²) in [6.45, 7) is 1.92. The molecule has 0 bridgehead atoms. The first-order chi connectivity index (χ1) is 8.39. The topological polar surface area (TPSA) is 55.4 Å². The van der Waals surface area contributed by atoms with Crippen LogP contribution < -0.4 is 9.46 Å². The largest absolute Gasteiger partial charge is 0.495 e. The van der Waals surface area contributed by atoms with Crippen molar-refractivity contribution in [1.82, 2.24) is 4.72 Å². The second kappa shape index (κ2) is 6.61. The van der Waals surface area contributed by atoms with Crippen molar-refractivity contribution in [2.45, 2.75) is 19.9 Å². The Balaban J connectivity index is 2.83. The summed E-state index contributed by atoms with van der Waals surface area (Å²) in [5.41, 5.74) is 0.613. The molecule has 0 unspecified atom stereocenters. The first-order valence-electron chi connectivity index (χ1n) is 5.39. The van der Waals surface area contributed by atoms with Gasteiger partial charge in [0, 0.05) is 17.6 Å². The first-order valence-corrected chi connectivity index (χ1v) is 7.79. The van der Waals surface area contributed by atoms with E-state index >= 15 is 0 Å². The highest BCUT2D eigenvalue weighted by Gasteiger charge is 2.12. The maximum atomic E-state index is 11.5. The van der Waals surface area contributed by atoms with Gasteiger partial charge in [0.1, 0.15) is 5.75 Å². The highest BCUT2D eigenvalue weighted by Crippen LogP contribution is 2.30. The Morgan fingerprint density at radius 2 is 1.94 bits per heavy atom. The summed E-state index contributed by atoms with van der Waals surface area (Å²) in [6.07, 6.45) is 0.562. The van der Waals surface area contributed by atoms with Crippen LogP contribution in [0.3, 0.4) is 0 Å². The molecule has 18 heavy (non-hydrogen) atoms. The van der Waals surface area contributed by atoms with Crippen LogP contribution in [-0.4, -0.2) is 21.3 Å². The number of hydrogen-bond acceptors (Lipinski definition) is 3. The lowest BCUT2D eigenvalue weighted by Crippen LogP contribution is -2.25. The van der Waals surface area contributed by atoms with Gasteiger partial charge in [0.15, 0.2) is 0 Å². The van der Waals surface area contributed by atoms with E-state index in [4.69, 9.17) is 27.9 Å². The van der Waals surface area contributed by atoms with Crippen molar-refractivity contribution in [3.63, 3.8) is 0 Å². The molecule has 0 saturated heterocycles. The van der Waals surface area contributed by atoms with Crippen LogP contribution in [0.25, 0.3) is 0 Å². The third-order valence-electron chi connectivity index (χ3n) is 2.28. The predicted molar refractivity (Wildman–Crippen MR) is 73.9 cm³/mol. The van der Waals surface area contributed by atoms with E-state index in [9.17, 15) is 8.42 Å². The van der Waals surface area contributed by atoms with Gasteiger partial charge in [0.25, 0.3) is 0 Å². The molecule has 0 radical (unpaired) electrons. The molecule has 102 valence electrons. The van der Waals surface area contributed by atoms with E-state index in [1.807, 2.05) is 0 Å². The zero-order valence-corrected chi connectivity index (χ0v) is 12.5. The Kier molecular flexibility index (Phi) is 5.72. The number of halogens is 2. The van der Waals surface area contributed by atoms with Crippen LogP contribution in [0.2, 0.25) is 10.0 Å². The number of ether oxygens (including phenoxy) is 1. The lowest BCUT2D eigenvalue weighted by atomic mass is 10.2. The Hall–Kier alpha value is -0.490. The van der Waals surface area contributed by atoms with Crippen LogP contribution in [-0.2, 0) is 16.6 Å². The van der Waals surface area contributed by atoms with Gasteiger partial charge >= 0.3 is 0 Å². The summed E-state index contributed by atoms with van der Waals surface area (Å²) in [4.78, 5) is 0. The fraction of sp³-hybridized carbons (Fsp3) is 0.455. The lowest BCUT2D eigenvalue weighted by Gasteiger charge is -2.10. The van der Waals surface area contributed by atoms with Crippen molar-refractivity contribution in [3.05, 3.63) is 27.7 Å². The van der Waals surface area contributed by atoms with Crippen LogP contribution in [0.4, 0.5) is 0 Å². The van der Waals surface area contributed by atoms with Gasteiger partial charge in [0.2, 0.25) is 10.0 Å². The molecule has 0 aliphatic rings. The molecule has 1 aromatic rings. The molecular formula is C11H15Cl2NO3S. The van der Waals surface area contributed by atoms with Gasteiger partial charge in [-0.2, -0.15) is 0 Å². The molecular weight excluding hydrogens is 297 g/mol. The van der Waals surface area contributed by atoms with Gasteiger partial charge in [-0.15, -0.1) is 0 Å². The molecule has 0 atom stereocenters. The molecule has 0 saturated carbocycles. The van der Waals surface area contributed by atoms with Crippen molar-refractivity contribution in [2.24, 2.45) is 0 Å².